The van der Waals surface area contributed by atoms with Crippen LogP contribution in [-0.4, -0.2) is 38.2 Å². The second-order valence-electron chi connectivity index (χ2n) is 8.18. The summed E-state index contributed by atoms with van der Waals surface area (Å²) in [5.41, 5.74) is 3.98. The first-order chi connectivity index (χ1) is 16.9. The van der Waals surface area contributed by atoms with Gasteiger partial charge >= 0.3 is 5.97 Å². The zero-order valence-corrected chi connectivity index (χ0v) is 20.6. The first-order valence-electron chi connectivity index (χ1n) is 10.9. The van der Waals surface area contributed by atoms with Gasteiger partial charge in [0.05, 0.1) is 12.1 Å². The molecule has 36 heavy (non-hydrogen) atoms. The molecule has 1 aliphatic rings. The molecule has 1 aliphatic heterocycles. The van der Waals surface area contributed by atoms with E-state index in [4.69, 9.17) is 5.11 Å². The van der Waals surface area contributed by atoms with Gasteiger partial charge in [0.2, 0.25) is 0 Å². The SMILES string of the molecule is Cl.O=C(O)CNC(=O)c1c(O)c2c(n(Cc3ccc(-c4cccc5ncccc45)cc3)c1=O)CSC2. The number of nitrogens with one attached hydrogen (secondary N) is 1. The van der Waals surface area contributed by atoms with E-state index in [0.717, 1.165) is 27.6 Å². The molecule has 2 aromatic heterocycles. The van der Waals surface area contributed by atoms with Gasteiger partial charge in [-0.15, -0.1) is 12.4 Å². The maximum Gasteiger partial charge on any atom is 0.322 e. The summed E-state index contributed by atoms with van der Waals surface area (Å²) < 4.78 is 1.50. The van der Waals surface area contributed by atoms with Crippen molar-refractivity contribution in [2.45, 2.75) is 18.1 Å². The highest BCUT2D eigenvalue weighted by Crippen LogP contribution is 2.36. The standard InChI is InChI=1S/C26H21N3O5S.ClH/c30-22(31)11-28-25(33)23-24(32)19-13-35-14-21(19)29(26(23)34)12-15-6-8-16(9-7-15)17-3-1-5-20-18(17)4-2-10-27-20;/h1-10,32H,11-14H2,(H,28,33)(H,30,31);1H. The van der Waals surface area contributed by atoms with Crippen LogP contribution in [0.1, 0.15) is 27.2 Å². The first-order valence-corrected chi connectivity index (χ1v) is 12.1. The number of carboxylic acids is 1. The number of carbonyl (C=O) groups is 2. The van der Waals surface area contributed by atoms with Crippen LogP contribution in [0.3, 0.4) is 0 Å². The van der Waals surface area contributed by atoms with E-state index in [1.807, 2.05) is 54.6 Å². The van der Waals surface area contributed by atoms with Crippen molar-refractivity contribution in [3.05, 3.63) is 93.5 Å². The molecule has 184 valence electrons. The van der Waals surface area contributed by atoms with Gasteiger partial charge in [0, 0.05) is 34.3 Å². The minimum atomic E-state index is -1.24. The Balaban J connectivity index is 0.00000304. The Labute approximate surface area is 216 Å². The Morgan fingerprint density at radius 3 is 2.58 bits per heavy atom. The summed E-state index contributed by atoms with van der Waals surface area (Å²) in [5.74, 6) is -1.50. The summed E-state index contributed by atoms with van der Waals surface area (Å²) in [6.07, 6.45) is 1.76. The lowest BCUT2D eigenvalue weighted by molar-refractivity contribution is -0.135. The number of aromatic hydroxyl groups is 1. The molecule has 0 saturated heterocycles. The molecule has 10 heteroatoms. The molecule has 0 saturated carbocycles. The van der Waals surface area contributed by atoms with Gasteiger partial charge in [0.1, 0.15) is 17.9 Å². The van der Waals surface area contributed by atoms with Crippen LogP contribution in [0.15, 0.2) is 65.6 Å². The highest BCUT2D eigenvalue weighted by atomic mass is 35.5. The van der Waals surface area contributed by atoms with Gasteiger partial charge in [-0.25, -0.2) is 0 Å². The number of nitrogens with zero attached hydrogens (tertiary/aromatic N) is 2. The van der Waals surface area contributed by atoms with Gasteiger partial charge in [0.25, 0.3) is 11.5 Å². The van der Waals surface area contributed by atoms with Crippen molar-refractivity contribution in [2.24, 2.45) is 0 Å². The molecule has 2 aromatic carbocycles. The molecule has 0 bridgehead atoms. The molecule has 3 N–H and O–H groups in total. The van der Waals surface area contributed by atoms with E-state index in [1.54, 1.807) is 6.20 Å². The summed E-state index contributed by atoms with van der Waals surface area (Å²) in [6.45, 7) is -0.423. The number of benzene rings is 2. The number of aromatic nitrogens is 2. The molecule has 0 spiro atoms. The Bertz CT molecular complexity index is 1530. The lowest BCUT2D eigenvalue weighted by Gasteiger charge is -2.16. The molecule has 1 amide bonds. The van der Waals surface area contributed by atoms with Crippen LogP contribution in [0.25, 0.3) is 22.0 Å². The van der Waals surface area contributed by atoms with E-state index in [-0.39, 0.29) is 24.7 Å². The van der Waals surface area contributed by atoms with Crippen LogP contribution < -0.4 is 10.9 Å². The number of thioether (sulfide) groups is 1. The van der Waals surface area contributed by atoms with Crippen molar-refractivity contribution in [3.63, 3.8) is 0 Å². The predicted molar refractivity (Wildman–Crippen MR) is 141 cm³/mol. The highest BCUT2D eigenvalue weighted by molar-refractivity contribution is 7.98. The molecule has 0 aliphatic carbocycles. The topological polar surface area (TPSA) is 122 Å². The predicted octanol–water partition coefficient (Wildman–Crippen LogP) is 3.80. The van der Waals surface area contributed by atoms with Gasteiger partial charge < -0.3 is 20.1 Å². The molecular weight excluding hydrogens is 502 g/mol. The van der Waals surface area contributed by atoms with Crippen LogP contribution >= 0.6 is 24.2 Å². The molecule has 8 nitrogen and oxygen atoms in total. The molecule has 5 rings (SSSR count). The van der Waals surface area contributed by atoms with Gasteiger partial charge in [-0.1, -0.05) is 42.5 Å². The van der Waals surface area contributed by atoms with Gasteiger partial charge in [-0.3, -0.25) is 19.4 Å². The summed E-state index contributed by atoms with van der Waals surface area (Å²) in [7, 11) is 0. The molecule has 0 radical (unpaired) electrons. The largest absolute Gasteiger partial charge is 0.507 e. The zero-order valence-electron chi connectivity index (χ0n) is 18.9. The molecule has 0 fully saturated rings. The Kier molecular flexibility index (Phi) is 7.32. The number of carboxylic acid groups (broad SMARTS) is 1. The number of hydrogen-bond acceptors (Lipinski definition) is 6. The third kappa shape index (κ3) is 4.67. The van der Waals surface area contributed by atoms with Crippen LogP contribution in [0, 0.1) is 0 Å². The van der Waals surface area contributed by atoms with E-state index in [9.17, 15) is 19.5 Å². The monoisotopic (exact) mass is 523 g/mol. The average Bonchev–Trinajstić information content (AvgIpc) is 3.36. The molecule has 3 heterocycles. The first kappa shape index (κ1) is 25.3. The van der Waals surface area contributed by atoms with Crippen molar-refractivity contribution in [2.75, 3.05) is 6.54 Å². The fourth-order valence-corrected chi connectivity index (χ4v) is 5.45. The number of rotatable bonds is 6. The van der Waals surface area contributed by atoms with Crippen LogP contribution in [0.4, 0.5) is 0 Å². The Hall–Kier alpha value is -3.82. The third-order valence-corrected chi connectivity index (χ3v) is 6.99. The number of aliphatic carboxylic acids is 1. The van der Waals surface area contributed by atoms with Crippen molar-refractivity contribution < 1.29 is 19.8 Å². The number of fused-ring (bicyclic) bond motifs is 2. The summed E-state index contributed by atoms with van der Waals surface area (Å²) in [6, 6.07) is 17.7. The van der Waals surface area contributed by atoms with Crippen LogP contribution in [-0.2, 0) is 22.8 Å². The third-order valence-electron chi connectivity index (χ3n) is 6.02. The Morgan fingerprint density at radius 2 is 1.83 bits per heavy atom. The van der Waals surface area contributed by atoms with Crippen molar-refractivity contribution in [1.29, 1.82) is 0 Å². The van der Waals surface area contributed by atoms with Gasteiger partial charge in [-0.05, 0) is 28.8 Å². The Morgan fingerprint density at radius 1 is 1.06 bits per heavy atom. The van der Waals surface area contributed by atoms with Gasteiger partial charge in [0.15, 0.2) is 0 Å². The van der Waals surface area contributed by atoms with E-state index in [0.29, 0.717) is 22.8 Å². The molecule has 0 unspecified atom stereocenters. The minimum absolute atomic E-state index is 0. The van der Waals surface area contributed by atoms with E-state index in [2.05, 4.69) is 10.3 Å². The minimum Gasteiger partial charge on any atom is -0.507 e. The smallest absolute Gasteiger partial charge is 0.322 e. The molecular formula is C26H22ClN3O5S. The zero-order chi connectivity index (χ0) is 24.5. The fraction of sp³-hybridized carbons (Fsp3) is 0.154. The lowest BCUT2D eigenvalue weighted by atomic mass is 9.99. The normalized spacial score (nSPS) is 12.1. The number of halogens is 1. The average molecular weight is 524 g/mol. The van der Waals surface area contributed by atoms with Crippen molar-refractivity contribution in [1.82, 2.24) is 14.9 Å². The maximum absolute atomic E-state index is 13.3. The summed E-state index contributed by atoms with van der Waals surface area (Å²) in [4.78, 5) is 41.0. The maximum atomic E-state index is 13.3. The van der Waals surface area contributed by atoms with Crippen molar-refractivity contribution >= 4 is 46.9 Å². The van der Waals surface area contributed by atoms with Crippen LogP contribution in [0.5, 0.6) is 5.75 Å². The molecule has 4 aromatic rings. The molecule has 0 atom stereocenters. The van der Waals surface area contributed by atoms with Crippen molar-refractivity contribution in [3.8, 4) is 16.9 Å². The second kappa shape index (κ2) is 10.4. The fourth-order valence-electron chi connectivity index (χ4n) is 4.32. The van der Waals surface area contributed by atoms with Crippen LogP contribution in [0.2, 0.25) is 0 Å². The quantitative estimate of drug-likeness (QED) is 0.351. The highest BCUT2D eigenvalue weighted by Gasteiger charge is 2.28. The number of hydrogen-bond donors (Lipinski definition) is 3. The lowest BCUT2D eigenvalue weighted by Crippen LogP contribution is -2.37. The van der Waals surface area contributed by atoms with E-state index in [1.165, 1.54) is 16.3 Å². The summed E-state index contributed by atoms with van der Waals surface area (Å²) >= 11 is 1.54. The second-order valence-corrected chi connectivity index (χ2v) is 9.17. The summed E-state index contributed by atoms with van der Waals surface area (Å²) in [5, 5.41) is 22.7. The number of pyridine rings is 2. The van der Waals surface area contributed by atoms with E-state index >= 15 is 0 Å². The number of carbonyl (C=O) groups excluding carboxylic acids is 1. The van der Waals surface area contributed by atoms with E-state index < -0.39 is 29.5 Å². The number of amides is 1. The van der Waals surface area contributed by atoms with Gasteiger partial charge in [-0.2, -0.15) is 11.8 Å².